The summed E-state index contributed by atoms with van der Waals surface area (Å²) in [4.78, 5) is 16.6. The minimum absolute atomic E-state index is 0.164. The first-order valence-electron chi connectivity index (χ1n) is 6.88. The summed E-state index contributed by atoms with van der Waals surface area (Å²) in [6, 6.07) is 0. The summed E-state index contributed by atoms with van der Waals surface area (Å²) in [5.74, 6) is 2.66. The van der Waals surface area contributed by atoms with Crippen LogP contribution in [0.25, 0.3) is 0 Å². The van der Waals surface area contributed by atoms with Gasteiger partial charge in [0.05, 0.1) is 18.8 Å². The Balaban J connectivity index is 1.82. The third-order valence-electron chi connectivity index (χ3n) is 3.45. The third kappa shape index (κ3) is 4.14. The summed E-state index contributed by atoms with van der Waals surface area (Å²) >= 11 is 2.00. The van der Waals surface area contributed by atoms with E-state index in [1.165, 1.54) is 12.2 Å². The molecule has 18 heavy (non-hydrogen) atoms. The number of thioether (sulfide) groups is 1. The molecule has 2 rings (SSSR count). The average molecular weight is 272 g/mol. The van der Waals surface area contributed by atoms with Crippen LogP contribution in [-0.4, -0.2) is 72.1 Å². The fraction of sp³-hybridized carbons (Fsp3) is 0.923. The highest BCUT2D eigenvalue weighted by molar-refractivity contribution is 7.99. The number of hydrogen-bond donors (Lipinski definition) is 0. The van der Waals surface area contributed by atoms with Gasteiger partial charge in [-0.3, -0.25) is 9.69 Å². The van der Waals surface area contributed by atoms with Crippen molar-refractivity contribution in [3.05, 3.63) is 0 Å². The molecule has 1 amide bonds. The summed E-state index contributed by atoms with van der Waals surface area (Å²) < 4.78 is 5.67. The predicted octanol–water partition coefficient (Wildman–Crippen LogP) is 1.06. The maximum absolute atomic E-state index is 12.3. The molecule has 0 aromatic carbocycles. The highest BCUT2D eigenvalue weighted by Gasteiger charge is 2.26. The zero-order chi connectivity index (χ0) is 13.0. The van der Waals surface area contributed by atoms with Crippen LogP contribution < -0.4 is 0 Å². The standard InChI is InChI=1S/C13H24N2O2S/c1-11-8-15(9-12(2)17-11)13(16)10-14-4-3-6-18-7-5-14/h11-12H,3-10H2,1-2H3/t11-,12-/m1/s1. The van der Waals surface area contributed by atoms with Crippen LogP contribution in [0.5, 0.6) is 0 Å². The molecule has 4 nitrogen and oxygen atoms in total. The summed E-state index contributed by atoms with van der Waals surface area (Å²) in [5, 5.41) is 0. The van der Waals surface area contributed by atoms with E-state index in [1.807, 2.05) is 30.5 Å². The number of ether oxygens (including phenoxy) is 1. The summed E-state index contributed by atoms with van der Waals surface area (Å²) in [5.41, 5.74) is 0. The Morgan fingerprint density at radius 1 is 1.22 bits per heavy atom. The lowest BCUT2D eigenvalue weighted by atomic mass is 10.2. The molecule has 2 saturated heterocycles. The minimum Gasteiger partial charge on any atom is -0.372 e. The van der Waals surface area contributed by atoms with Gasteiger partial charge in [0, 0.05) is 25.4 Å². The van der Waals surface area contributed by atoms with Crippen molar-refractivity contribution in [2.45, 2.75) is 32.5 Å². The van der Waals surface area contributed by atoms with Gasteiger partial charge in [0.25, 0.3) is 0 Å². The maximum Gasteiger partial charge on any atom is 0.236 e. The first-order chi connectivity index (χ1) is 8.65. The van der Waals surface area contributed by atoms with Gasteiger partial charge in [-0.05, 0) is 32.6 Å². The molecule has 0 bridgehead atoms. The van der Waals surface area contributed by atoms with Crippen LogP contribution in [0.1, 0.15) is 20.3 Å². The number of hydrogen-bond acceptors (Lipinski definition) is 4. The van der Waals surface area contributed by atoms with Crippen molar-refractivity contribution in [2.75, 3.05) is 44.2 Å². The van der Waals surface area contributed by atoms with E-state index in [-0.39, 0.29) is 18.1 Å². The van der Waals surface area contributed by atoms with Crippen molar-refractivity contribution in [1.82, 2.24) is 9.80 Å². The molecule has 104 valence electrons. The van der Waals surface area contributed by atoms with E-state index in [0.717, 1.165) is 31.9 Å². The number of amides is 1. The van der Waals surface area contributed by atoms with E-state index >= 15 is 0 Å². The highest BCUT2D eigenvalue weighted by Crippen LogP contribution is 2.13. The fourth-order valence-corrected chi connectivity index (χ4v) is 3.55. The van der Waals surface area contributed by atoms with Gasteiger partial charge in [0.2, 0.25) is 5.91 Å². The average Bonchev–Trinajstić information content (AvgIpc) is 2.56. The van der Waals surface area contributed by atoms with Crippen LogP contribution in [0, 0.1) is 0 Å². The topological polar surface area (TPSA) is 32.8 Å². The van der Waals surface area contributed by atoms with E-state index in [0.29, 0.717) is 6.54 Å². The summed E-state index contributed by atoms with van der Waals surface area (Å²) in [6.45, 7) is 8.26. The zero-order valence-corrected chi connectivity index (χ0v) is 12.2. The Bertz CT molecular complexity index is 270. The first-order valence-corrected chi connectivity index (χ1v) is 8.04. The molecule has 0 saturated carbocycles. The van der Waals surface area contributed by atoms with Gasteiger partial charge in [-0.1, -0.05) is 0 Å². The van der Waals surface area contributed by atoms with Gasteiger partial charge >= 0.3 is 0 Å². The van der Waals surface area contributed by atoms with E-state index in [4.69, 9.17) is 4.74 Å². The smallest absolute Gasteiger partial charge is 0.236 e. The largest absolute Gasteiger partial charge is 0.372 e. The van der Waals surface area contributed by atoms with Crippen LogP contribution in [-0.2, 0) is 9.53 Å². The molecule has 0 spiro atoms. The molecule has 0 aromatic rings. The molecule has 2 aliphatic heterocycles. The summed E-state index contributed by atoms with van der Waals surface area (Å²) in [6.07, 6.45) is 1.53. The second-order valence-electron chi connectivity index (χ2n) is 5.30. The second kappa shape index (κ2) is 6.78. The molecule has 2 aliphatic rings. The monoisotopic (exact) mass is 272 g/mol. The van der Waals surface area contributed by atoms with Crippen LogP contribution >= 0.6 is 11.8 Å². The number of rotatable bonds is 2. The molecule has 0 radical (unpaired) electrons. The molecule has 2 atom stereocenters. The molecule has 0 aromatic heterocycles. The highest BCUT2D eigenvalue weighted by atomic mass is 32.2. The van der Waals surface area contributed by atoms with Crippen molar-refractivity contribution >= 4 is 17.7 Å². The van der Waals surface area contributed by atoms with E-state index in [1.54, 1.807) is 0 Å². The van der Waals surface area contributed by atoms with Gasteiger partial charge in [-0.15, -0.1) is 0 Å². The van der Waals surface area contributed by atoms with E-state index < -0.39 is 0 Å². The number of nitrogens with zero attached hydrogens (tertiary/aromatic N) is 2. The number of carbonyl (C=O) groups is 1. The van der Waals surface area contributed by atoms with Crippen molar-refractivity contribution in [3.63, 3.8) is 0 Å². The normalized spacial score (nSPS) is 31.1. The zero-order valence-electron chi connectivity index (χ0n) is 11.4. The maximum atomic E-state index is 12.3. The Morgan fingerprint density at radius 2 is 1.94 bits per heavy atom. The lowest BCUT2D eigenvalue weighted by molar-refractivity contribution is -0.144. The third-order valence-corrected chi connectivity index (χ3v) is 4.49. The second-order valence-corrected chi connectivity index (χ2v) is 6.52. The van der Waals surface area contributed by atoms with Crippen molar-refractivity contribution < 1.29 is 9.53 Å². The van der Waals surface area contributed by atoms with Gasteiger partial charge in [-0.25, -0.2) is 0 Å². The Morgan fingerprint density at radius 3 is 2.67 bits per heavy atom. The Labute approximate surface area is 114 Å². The van der Waals surface area contributed by atoms with Crippen LogP contribution in [0.4, 0.5) is 0 Å². The molecule has 5 heteroatoms. The predicted molar refractivity (Wildman–Crippen MR) is 75.0 cm³/mol. The fourth-order valence-electron chi connectivity index (χ4n) is 2.63. The molecule has 0 unspecified atom stereocenters. The molecule has 0 aliphatic carbocycles. The molecule has 0 N–H and O–H groups in total. The Kier molecular flexibility index (Phi) is 5.33. The van der Waals surface area contributed by atoms with Gasteiger partial charge in [0.15, 0.2) is 0 Å². The van der Waals surface area contributed by atoms with Crippen LogP contribution in [0.15, 0.2) is 0 Å². The molecular formula is C13H24N2O2S. The lowest BCUT2D eigenvalue weighted by Gasteiger charge is -2.36. The van der Waals surface area contributed by atoms with Gasteiger partial charge < -0.3 is 9.64 Å². The number of morpholine rings is 1. The molecular weight excluding hydrogens is 248 g/mol. The Hall–Kier alpha value is -0.260. The van der Waals surface area contributed by atoms with Crippen molar-refractivity contribution in [3.8, 4) is 0 Å². The van der Waals surface area contributed by atoms with E-state index in [2.05, 4.69) is 4.90 Å². The van der Waals surface area contributed by atoms with Gasteiger partial charge in [-0.2, -0.15) is 11.8 Å². The van der Waals surface area contributed by atoms with Crippen LogP contribution in [0.2, 0.25) is 0 Å². The van der Waals surface area contributed by atoms with Crippen LogP contribution in [0.3, 0.4) is 0 Å². The minimum atomic E-state index is 0.164. The molecule has 2 fully saturated rings. The molecule has 2 heterocycles. The lowest BCUT2D eigenvalue weighted by Crippen LogP contribution is -2.51. The van der Waals surface area contributed by atoms with Gasteiger partial charge in [0.1, 0.15) is 0 Å². The van der Waals surface area contributed by atoms with Crippen molar-refractivity contribution in [2.24, 2.45) is 0 Å². The summed E-state index contributed by atoms with van der Waals surface area (Å²) in [7, 11) is 0. The van der Waals surface area contributed by atoms with Crippen molar-refractivity contribution in [1.29, 1.82) is 0 Å². The quantitative estimate of drug-likeness (QED) is 0.752. The van der Waals surface area contributed by atoms with E-state index in [9.17, 15) is 4.79 Å². The number of carbonyl (C=O) groups excluding carboxylic acids is 1. The first kappa shape index (κ1) is 14.2. The SMILES string of the molecule is C[C@@H]1CN(C(=O)CN2CCCSCC2)C[C@@H](C)O1.